The van der Waals surface area contributed by atoms with Crippen LogP contribution >= 0.6 is 0 Å². The standard InChI is InChI=1S/C14H26N2O3/c1-10(2)6-11(7-13(18)19)9-16-12(17)8-14(15)4-3-5-14/h10-11H,3-9,15H2,1-2H3,(H,16,17)(H,18,19). The minimum Gasteiger partial charge on any atom is -0.481 e. The molecule has 1 unspecified atom stereocenters. The van der Waals surface area contributed by atoms with Gasteiger partial charge in [-0.25, -0.2) is 0 Å². The van der Waals surface area contributed by atoms with Crippen molar-refractivity contribution in [2.75, 3.05) is 6.54 Å². The van der Waals surface area contributed by atoms with Crippen LogP contribution in [0.5, 0.6) is 0 Å². The summed E-state index contributed by atoms with van der Waals surface area (Å²) >= 11 is 0. The molecule has 5 nitrogen and oxygen atoms in total. The number of hydrogen-bond donors (Lipinski definition) is 3. The van der Waals surface area contributed by atoms with Gasteiger partial charge in [0.15, 0.2) is 0 Å². The summed E-state index contributed by atoms with van der Waals surface area (Å²) < 4.78 is 0. The highest BCUT2D eigenvalue weighted by atomic mass is 16.4. The molecule has 0 aromatic carbocycles. The third-order valence-corrected chi connectivity index (χ3v) is 3.72. The number of nitrogens with one attached hydrogen (secondary N) is 1. The molecule has 1 atom stereocenters. The summed E-state index contributed by atoms with van der Waals surface area (Å²) in [6.45, 7) is 4.54. The normalized spacial score (nSPS) is 18.7. The Balaban J connectivity index is 2.33. The minimum atomic E-state index is -0.811. The van der Waals surface area contributed by atoms with Crippen LogP contribution in [0, 0.1) is 11.8 Å². The van der Waals surface area contributed by atoms with Crippen LogP contribution in [-0.4, -0.2) is 29.1 Å². The lowest BCUT2D eigenvalue weighted by molar-refractivity contribution is -0.138. The van der Waals surface area contributed by atoms with Crippen LogP contribution in [0.15, 0.2) is 0 Å². The second kappa shape index (κ2) is 6.89. The molecule has 1 aliphatic carbocycles. The van der Waals surface area contributed by atoms with Gasteiger partial charge in [-0.2, -0.15) is 0 Å². The third kappa shape index (κ3) is 6.05. The zero-order chi connectivity index (χ0) is 14.5. The summed E-state index contributed by atoms with van der Waals surface area (Å²) in [6.07, 6.45) is 4.18. The molecule has 0 aromatic heterocycles. The van der Waals surface area contributed by atoms with E-state index in [0.717, 1.165) is 25.7 Å². The van der Waals surface area contributed by atoms with Crippen molar-refractivity contribution in [1.82, 2.24) is 5.32 Å². The van der Waals surface area contributed by atoms with Crippen molar-refractivity contribution < 1.29 is 14.7 Å². The first kappa shape index (κ1) is 16.0. The molecule has 19 heavy (non-hydrogen) atoms. The summed E-state index contributed by atoms with van der Waals surface area (Å²) in [5.41, 5.74) is 5.70. The predicted molar refractivity (Wildman–Crippen MR) is 73.6 cm³/mol. The molecule has 1 amide bonds. The fraction of sp³-hybridized carbons (Fsp3) is 0.857. The Morgan fingerprint density at radius 1 is 1.37 bits per heavy atom. The van der Waals surface area contributed by atoms with E-state index in [1.165, 1.54) is 0 Å². The number of carbonyl (C=O) groups is 2. The van der Waals surface area contributed by atoms with E-state index in [1.807, 2.05) is 0 Å². The summed E-state index contributed by atoms with van der Waals surface area (Å²) in [7, 11) is 0. The lowest BCUT2D eigenvalue weighted by atomic mass is 9.75. The molecule has 1 aliphatic rings. The molecule has 1 rings (SSSR count). The van der Waals surface area contributed by atoms with Crippen molar-refractivity contribution in [2.24, 2.45) is 17.6 Å². The quantitative estimate of drug-likeness (QED) is 0.623. The summed E-state index contributed by atoms with van der Waals surface area (Å²) in [5, 5.41) is 11.7. The molecular weight excluding hydrogens is 244 g/mol. The van der Waals surface area contributed by atoms with E-state index in [2.05, 4.69) is 19.2 Å². The monoisotopic (exact) mass is 270 g/mol. The number of carbonyl (C=O) groups excluding carboxylic acids is 1. The van der Waals surface area contributed by atoms with E-state index in [0.29, 0.717) is 18.9 Å². The Morgan fingerprint density at radius 3 is 2.42 bits per heavy atom. The molecule has 0 aliphatic heterocycles. The first-order valence-corrected chi connectivity index (χ1v) is 7.08. The van der Waals surface area contributed by atoms with Gasteiger partial charge in [-0.3, -0.25) is 9.59 Å². The third-order valence-electron chi connectivity index (χ3n) is 3.72. The van der Waals surface area contributed by atoms with Crippen LogP contribution in [0.1, 0.15) is 52.4 Å². The summed E-state index contributed by atoms with van der Waals surface area (Å²) in [6, 6.07) is 0. The van der Waals surface area contributed by atoms with Gasteiger partial charge >= 0.3 is 5.97 Å². The van der Waals surface area contributed by atoms with Gasteiger partial charge in [0.1, 0.15) is 0 Å². The number of carboxylic acids is 1. The van der Waals surface area contributed by atoms with Gasteiger partial charge in [0.05, 0.1) is 0 Å². The van der Waals surface area contributed by atoms with Gasteiger partial charge in [0, 0.05) is 24.9 Å². The second-order valence-corrected chi connectivity index (χ2v) is 6.29. The molecule has 0 saturated heterocycles. The molecule has 1 fully saturated rings. The first-order chi connectivity index (χ1) is 8.81. The van der Waals surface area contributed by atoms with Gasteiger partial charge in [0.25, 0.3) is 0 Å². The van der Waals surface area contributed by atoms with Gasteiger partial charge in [-0.15, -0.1) is 0 Å². The molecule has 1 saturated carbocycles. The molecular formula is C14H26N2O3. The van der Waals surface area contributed by atoms with E-state index in [4.69, 9.17) is 10.8 Å². The highest BCUT2D eigenvalue weighted by Crippen LogP contribution is 2.31. The fourth-order valence-electron chi connectivity index (χ4n) is 2.60. The Bertz CT molecular complexity index is 325. The zero-order valence-corrected chi connectivity index (χ0v) is 11.9. The summed E-state index contributed by atoms with van der Waals surface area (Å²) in [4.78, 5) is 22.6. The van der Waals surface area contributed by atoms with Crippen molar-refractivity contribution in [1.29, 1.82) is 0 Å². The number of amides is 1. The van der Waals surface area contributed by atoms with Gasteiger partial charge in [-0.1, -0.05) is 13.8 Å². The average molecular weight is 270 g/mol. The zero-order valence-electron chi connectivity index (χ0n) is 11.9. The van der Waals surface area contributed by atoms with Gasteiger partial charge in [0.2, 0.25) is 5.91 Å². The van der Waals surface area contributed by atoms with E-state index in [9.17, 15) is 9.59 Å². The average Bonchev–Trinajstić information content (AvgIpc) is 2.22. The van der Waals surface area contributed by atoms with E-state index < -0.39 is 5.97 Å². The molecule has 0 radical (unpaired) electrons. The molecule has 0 bridgehead atoms. The highest BCUT2D eigenvalue weighted by Gasteiger charge is 2.34. The van der Waals surface area contributed by atoms with Crippen LogP contribution in [0.2, 0.25) is 0 Å². The van der Waals surface area contributed by atoms with Crippen LogP contribution in [0.3, 0.4) is 0 Å². The lowest BCUT2D eigenvalue weighted by Gasteiger charge is -2.37. The van der Waals surface area contributed by atoms with E-state index >= 15 is 0 Å². The van der Waals surface area contributed by atoms with Crippen molar-refractivity contribution in [3.8, 4) is 0 Å². The Hall–Kier alpha value is -1.10. The van der Waals surface area contributed by atoms with Gasteiger partial charge < -0.3 is 16.2 Å². The number of hydrogen-bond acceptors (Lipinski definition) is 3. The van der Waals surface area contributed by atoms with Crippen molar-refractivity contribution in [2.45, 2.75) is 57.9 Å². The number of aliphatic carboxylic acids is 1. The summed E-state index contributed by atoms with van der Waals surface area (Å²) in [5.74, 6) is -0.444. The van der Waals surface area contributed by atoms with Crippen molar-refractivity contribution in [3.05, 3.63) is 0 Å². The highest BCUT2D eigenvalue weighted by molar-refractivity contribution is 5.77. The first-order valence-electron chi connectivity index (χ1n) is 7.08. The number of carboxylic acid groups (broad SMARTS) is 1. The minimum absolute atomic E-state index is 0.00318. The van der Waals surface area contributed by atoms with Crippen LogP contribution in [-0.2, 0) is 9.59 Å². The maximum atomic E-state index is 11.8. The largest absolute Gasteiger partial charge is 0.481 e. The molecule has 0 spiro atoms. The van der Waals surface area contributed by atoms with Crippen LogP contribution in [0.4, 0.5) is 0 Å². The Kier molecular flexibility index (Phi) is 5.79. The van der Waals surface area contributed by atoms with Crippen molar-refractivity contribution in [3.63, 3.8) is 0 Å². The Morgan fingerprint density at radius 2 is 2.00 bits per heavy atom. The molecule has 5 heteroatoms. The molecule has 4 N–H and O–H groups in total. The number of rotatable bonds is 8. The van der Waals surface area contributed by atoms with E-state index in [-0.39, 0.29) is 23.8 Å². The second-order valence-electron chi connectivity index (χ2n) is 6.29. The topological polar surface area (TPSA) is 92.4 Å². The molecule has 0 aromatic rings. The van der Waals surface area contributed by atoms with Gasteiger partial charge in [-0.05, 0) is 37.5 Å². The smallest absolute Gasteiger partial charge is 0.303 e. The van der Waals surface area contributed by atoms with E-state index in [1.54, 1.807) is 0 Å². The fourth-order valence-corrected chi connectivity index (χ4v) is 2.60. The van der Waals surface area contributed by atoms with Crippen LogP contribution in [0.25, 0.3) is 0 Å². The maximum Gasteiger partial charge on any atom is 0.303 e. The number of nitrogens with two attached hydrogens (primary N) is 1. The van der Waals surface area contributed by atoms with Crippen molar-refractivity contribution >= 4 is 11.9 Å². The molecule has 110 valence electrons. The Labute approximate surface area is 114 Å². The maximum absolute atomic E-state index is 11.8. The SMILES string of the molecule is CC(C)CC(CNC(=O)CC1(N)CCC1)CC(=O)O. The lowest BCUT2D eigenvalue weighted by Crippen LogP contribution is -2.50. The predicted octanol–water partition coefficient (Wildman–Crippen LogP) is 1.51. The van der Waals surface area contributed by atoms with Crippen LogP contribution < -0.4 is 11.1 Å². The molecule has 0 heterocycles.